The molecule has 0 spiro atoms. The summed E-state index contributed by atoms with van der Waals surface area (Å²) in [5.74, 6) is 0.794. The van der Waals surface area contributed by atoms with Crippen molar-refractivity contribution in [1.82, 2.24) is 10.6 Å². The summed E-state index contributed by atoms with van der Waals surface area (Å²) < 4.78 is 22.6. The van der Waals surface area contributed by atoms with Crippen LogP contribution < -0.4 is 10.6 Å². The van der Waals surface area contributed by atoms with Gasteiger partial charge in [0.25, 0.3) is 0 Å². The highest BCUT2D eigenvalue weighted by atomic mass is 32.2. The Hall–Kier alpha value is -0.620. The minimum absolute atomic E-state index is 0.0247. The van der Waals surface area contributed by atoms with Gasteiger partial charge in [-0.2, -0.15) is 0 Å². The van der Waals surface area contributed by atoms with E-state index in [-0.39, 0.29) is 29.5 Å². The minimum atomic E-state index is -2.92. The predicted octanol–water partition coefficient (Wildman–Crippen LogP) is 0.0679. The molecule has 0 aromatic heterocycles. The largest absolute Gasteiger partial charge is 0.352 e. The maximum atomic E-state index is 11.9. The normalized spacial score (nSPS) is 35.3. The second kappa shape index (κ2) is 5.57. The number of hydrogen-bond donors (Lipinski definition) is 2. The molecule has 0 saturated carbocycles. The number of sulfone groups is 1. The van der Waals surface area contributed by atoms with Crippen LogP contribution in [0.1, 0.15) is 32.6 Å². The third kappa shape index (κ3) is 3.68. The predicted molar refractivity (Wildman–Crippen MR) is 70.0 cm³/mol. The van der Waals surface area contributed by atoms with Crippen molar-refractivity contribution < 1.29 is 13.2 Å². The lowest BCUT2D eigenvalue weighted by atomic mass is 9.90. The fourth-order valence-corrected chi connectivity index (χ4v) is 4.46. The Bertz CT molecular complexity index is 408. The average Bonchev–Trinajstić information content (AvgIpc) is 2.61. The van der Waals surface area contributed by atoms with Gasteiger partial charge in [-0.05, 0) is 31.7 Å². The van der Waals surface area contributed by atoms with Crippen molar-refractivity contribution in [3.63, 3.8) is 0 Å². The van der Waals surface area contributed by atoms with Gasteiger partial charge in [-0.15, -0.1) is 0 Å². The summed E-state index contributed by atoms with van der Waals surface area (Å²) in [6.07, 6.45) is 3.34. The molecule has 6 heteroatoms. The summed E-state index contributed by atoms with van der Waals surface area (Å²) in [4.78, 5) is 11.9. The number of hydrogen-bond acceptors (Lipinski definition) is 4. The van der Waals surface area contributed by atoms with E-state index < -0.39 is 9.84 Å². The van der Waals surface area contributed by atoms with E-state index in [0.29, 0.717) is 18.8 Å². The fraction of sp³-hybridized carbons (Fsp3) is 0.917. The van der Waals surface area contributed by atoms with Crippen LogP contribution in [0, 0.1) is 5.92 Å². The first-order valence-electron chi connectivity index (χ1n) is 6.69. The third-order valence-corrected chi connectivity index (χ3v) is 5.70. The van der Waals surface area contributed by atoms with E-state index in [2.05, 4.69) is 17.6 Å². The third-order valence-electron chi connectivity index (χ3n) is 3.93. The molecular formula is C12H22N2O3S. The molecule has 0 aromatic rings. The number of rotatable bonds is 3. The Morgan fingerprint density at radius 1 is 1.39 bits per heavy atom. The molecule has 3 unspecified atom stereocenters. The van der Waals surface area contributed by atoms with Crippen molar-refractivity contribution in [1.29, 1.82) is 0 Å². The summed E-state index contributed by atoms with van der Waals surface area (Å²) in [7, 11) is -2.92. The molecule has 2 aliphatic heterocycles. The van der Waals surface area contributed by atoms with Gasteiger partial charge < -0.3 is 10.6 Å². The number of amides is 1. The zero-order valence-corrected chi connectivity index (χ0v) is 11.6. The average molecular weight is 274 g/mol. The van der Waals surface area contributed by atoms with Crippen LogP contribution in [0.3, 0.4) is 0 Å². The first-order valence-corrected chi connectivity index (χ1v) is 8.51. The van der Waals surface area contributed by atoms with Crippen LogP contribution in [0.2, 0.25) is 0 Å². The SMILES string of the molecule is CC1CCCNC1CC(=O)NC1CCS(=O)(=O)C1. The number of carbonyl (C=O) groups excluding carboxylic acids is 1. The molecule has 18 heavy (non-hydrogen) atoms. The zero-order chi connectivity index (χ0) is 13.2. The lowest BCUT2D eigenvalue weighted by Gasteiger charge is -2.29. The van der Waals surface area contributed by atoms with Crippen LogP contribution in [0.15, 0.2) is 0 Å². The Morgan fingerprint density at radius 3 is 2.78 bits per heavy atom. The molecule has 1 amide bonds. The van der Waals surface area contributed by atoms with E-state index >= 15 is 0 Å². The Labute approximate surface area is 109 Å². The van der Waals surface area contributed by atoms with Crippen LogP contribution in [-0.2, 0) is 14.6 Å². The van der Waals surface area contributed by atoms with Crippen LogP contribution >= 0.6 is 0 Å². The first kappa shape index (κ1) is 13.8. The quantitative estimate of drug-likeness (QED) is 0.763. The van der Waals surface area contributed by atoms with Gasteiger partial charge in [-0.3, -0.25) is 4.79 Å². The van der Waals surface area contributed by atoms with Gasteiger partial charge in [0.05, 0.1) is 11.5 Å². The molecule has 2 saturated heterocycles. The van der Waals surface area contributed by atoms with E-state index in [1.165, 1.54) is 6.42 Å². The molecule has 5 nitrogen and oxygen atoms in total. The zero-order valence-electron chi connectivity index (χ0n) is 10.8. The fourth-order valence-electron chi connectivity index (χ4n) is 2.78. The van der Waals surface area contributed by atoms with Crippen LogP contribution in [0.4, 0.5) is 0 Å². The molecule has 3 atom stereocenters. The van der Waals surface area contributed by atoms with Gasteiger partial charge in [-0.1, -0.05) is 6.92 Å². The van der Waals surface area contributed by atoms with E-state index in [1.807, 2.05) is 0 Å². The van der Waals surface area contributed by atoms with E-state index in [4.69, 9.17) is 0 Å². The number of nitrogens with one attached hydrogen (secondary N) is 2. The summed E-state index contributed by atoms with van der Waals surface area (Å²) >= 11 is 0. The molecule has 2 N–H and O–H groups in total. The Balaban J connectivity index is 1.78. The van der Waals surface area contributed by atoms with Gasteiger partial charge in [0.1, 0.15) is 0 Å². The number of carbonyl (C=O) groups is 1. The van der Waals surface area contributed by atoms with Crippen molar-refractivity contribution in [2.45, 2.75) is 44.7 Å². The van der Waals surface area contributed by atoms with E-state index in [1.54, 1.807) is 0 Å². The summed E-state index contributed by atoms with van der Waals surface area (Å²) in [6, 6.07) is 0.0538. The maximum absolute atomic E-state index is 11.9. The smallest absolute Gasteiger partial charge is 0.221 e. The molecule has 104 valence electrons. The lowest BCUT2D eigenvalue weighted by molar-refractivity contribution is -0.122. The van der Waals surface area contributed by atoms with Crippen LogP contribution in [0.5, 0.6) is 0 Å². The van der Waals surface area contributed by atoms with Crippen molar-refractivity contribution in [3.8, 4) is 0 Å². The van der Waals surface area contributed by atoms with Gasteiger partial charge in [0.15, 0.2) is 9.84 Å². The van der Waals surface area contributed by atoms with Gasteiger partial charge in [0, 0.05) is 18.5 Å². The highest BCUT2D eigenvalue weighted by Gasteiger charge is 2.30. The highest BCUT2D eigenvalue weighted by Crippen LogP contribution is 2.18. The van der Waals surface area contributed by atoms with E-state index in [9.17, 15) is 13.2 Å². The van der Waals surface area contributed by atoms with Crippen LogP contribution in [0.25, 0.3) is 0 Å². The van der Waals surface area contributed by atoms with Gasteiger partial charge >= 0.3 is 0 Å². The summed E-state index contributed by atoms with van der Waals surface area (Å²) in [5, 5.41) is 6.21. The molecule has 2 aliphatic rings. The Morgan fingerprint density at radius 2 is 2.17 bits per heavy atom. The lowest BCUT2D eigenvalue weighted by Crippen LogP contribution is -2.45. The van der Waals surface area contributed by atoms with Crippen molar-refractivity contribution in [2.24, 2.45) is 5.92 Å². The maximum Gasteiger partial charge on any atom is 0.221 e. The van der Waals surface area contributed by atoms with Crippen molar-refractivity contribution in [2.75, 3.05) is 18.1 Å². The molecular weight excluding hydrogens is 252 g/mol. The molecule has 2 fully saturated rings. The summed E-state index contributed by atoms with van der Waals surface area (Å²) in [5.41, 5.74) is 0. The molecule has 0 aliphatic carbocycles. The minimum Gasteiger partial charge on any atom is -0.352 e. The Kier molecular flexibility index (Phi) is 4.27. The van der Waals surface area contributed by atoms with Crippen LogP contribution in [-0.4, -0.2) is 44.5 Å². The first-order chi connectivity index (χ1) is 8.46. The monoisotopic (exact) mass is 274 g/mol. The molecule has 0 radical (unpaired) electrons. The molecule has 0 aromatic carbocycles. The van der Waals surface area contributed by atoms with Gasteiger partial charge in [0.2, 0.25) is 5.91 Å². The van der Waals surface area contributed by atoms with Gasteiger partial charge in [-0.25, -0.2) is 8.42 Å². The van der Waals surface area contributed by atoms with Crippen molar-refractivity contribution >= 4 is 15.7 Å². The standard InChI is InChI=1S/C12H22N2O3S/c1-9-3-2-5-13-11(9)7-12(15)14-10-4-6-18(16,17)8-10/h9-11,13H,2-8H2,1H3,(H,14,15). The summed E-state index contributed by atoms with van der Waals surface area (Å²) in [6.45, 7) is 3.13. The topological polar surface area (TPSA) is 75.3 Å². The number of piperidine rings is 1. The second-order valence-corrected chi connectivity index (χ2v) is 7.78. The molecule has 2 heterocycles. The van der Waals surface area contributed by atoms with Crippen molar-refractivity contribution in [3.05, 3.63) is 0 Å². The van der Waals surface area contributed by atoms with E-state index in [0.717, 1.165) is 13.0 Å². The molecule has 2 rings (SSSR count). The highest BCUT2D eigenvalue weighted by molar-refractivity contribution is 7.91. The molecule has 0 bridgehead atoms. The second-order valence-electron chi connectivity index (χ2n) is 5.55.